The number of hydrogen-bond donors (Lipinski definition) is 1. The van der Waals surface area contributed by atoms with E-state index in [4.69, 9.17) is 4.74 Å². The van der Waals surface area contributed by atoms with Gasteiger partial charge in [-0.15, -0.1) is 0 Å². The Balaban J connectivity index is 2.10. The van der Waals surface area contributed by atoms with Crippen LogP contribution < -0.4 is 5.32 Å². The molecule has 0 aromatic rings. The summed E-state index contributed by atoms with van der Waals surface area (Å²) in [6.45, 7) is 3.74. The summed E-state index contributed by atoms with van der Waals surface area (Å²) in [5, 5.41) is 4.05. The molecule has 0 aromatic heterocycles. The normalized spacial score (nSPS) is 17.9. The number of amides is 1. The van der Waals surface area contributed by atoms with Crippen molar-refractivity contribution in [1.29, 1.82) is 0 Å². The third kappa shape index (κ3) is 7.07. The summed E-state index contributed by atoms with van der Waals surface area (Å²) in [6, 6.07) is 0. The molecule has 1 aliphatic rings. The molecule has 3 nitrogen and oxygen atoms in total. The van der Waals surface area contributed by atoms with E-state index in [0.29, 0.717) is 6.42 Å². The van der Waals surface area contributed by atoms with Gasteiger partial charge in [0.25, 0.3) is 0 Å². The first-order chi connectivity index (χ1) is 9.72. The van der Waals surface area contributed by atoms with Crippen LogP contribution in [-0.2, 0) is 9.53 Å². The summed E-state index contributed by atoms with van der Waals surface area (Å²) in [5.41, 5.74) is -0.0730. The lowest BCUT2D eigenvalue weighted by Gasteiger charge is -2.36. The Morgan fingerprint density at radius 1 is 1.10 bits per heavy atom. The van der Waals surface area contributed by atoms with Crippen LogP contribution in [0.3, 0.4) is 0 Å². The van der Waals surface area contributed by atoms with Gasteiger partial charge in [-0.25, -0.2) is 0 Å². The molecular weight excluding hydrogens is 318 g/mol. The number of carbonyl (C=O) groups is 1. The van der Waals surface area contributed by atoms with Crippen LogP contribution >= 0.6 is 15.9 Å². The number of ether oxygens (including phenoxy) is 1. The minimum absolute atomic E-state index is 0.0730. The highest BCUT2D eigenvalue weighted by Crippen LogP contribution is 2.23. The fourth-order valence-corrected chi connectivity index (χ4v) is 3.36. The monoisotopic (exact) mass is 347 g/mol. The predicted molar refractivity (Wildman–Crippen MR) is 87.3 cm³/mol. The van der Waals surface area contributed by atoms with Crippen molar-refractivity contribution in [2.45, 2.75) is 76.7 Å². The molecule has 0 aromatic carbocycles. The Labute approximate surface area is 132 Å². The molecule has 1 saturated heterocycles. The molecular formula is C16H30BrNO2. The van der Waals surface area contributed by atoms with Gasteiger partial charge in [0, 0.05) is 25.0 Å². The van der Waals surface area contributed by atoms with E-state index < -0.39 is 0 Å². The summed E-state index contributed by atoms with van der Waals surface area (Å²) >= 11 is 3.54. The number of unbranched alkanes of at least 4 members (excludes halogenated alkanes) is 6. The van der Waals surface area contributed by atoms with E-state index in [9.17, 15) is 4.79 Å². The SMILES string of the molecule is CCCCCCCCCC(=O)NC1(CBr)CCOCC1. The highest BCUT2D eigenvalue weighted by atomic mass is 79.9. The van der Waals surface area contributed by atoms with Crippen LogP contribution in [0.1, 0.15) is 71.1 Å². The topological polar surface area (TPSA) is 38.3 Å². The van der Waals surface area contributed by atoms with Gasteiger partial charge in [0.1, 0.15) is 0 Å². The van der Waals surface area contributed by atoms with Crippen molar-refractivity contribution < 1.29 is 9.53 Å². The largest absolute Gasteiger partial charge is 0.381 e. The zero-order chi connectivity index (χ0) is 14.7. The van der Waals surface area contributed by atoms with Crippen LogP contribution in [0.4, 0.5) is 0 Å². The molecule has 4 heteroatoms. The van der Waals surface area contributed by atoms with Gasteiger partial charge >= 0.3 is 0 Å². The molecule has 1 fully saturated rings. The number of hydrogen-bond acceptors (Lipinski definition) is 2. The fourth-order valence-electron chi connectivity index (χ4n) is 2.66. The Morgan fingerprint density at radius 3 is 2.30 bits per heavy atom. The van der Waals surface area contributed by atoms with Crippen LogP contribution in [-0.4, -0.2) is 30.0 Å². The van der Waals surface area contributed by atoms with Gasteiger partial charge in [0.2, 0.25) is 5.91 Å². The van der Waals surface area contributed by atoms with Crippen molar-refractivity contribution in [2.75, 3.05) is 18.5 Å². The molecule has 118 valence electrons. The van der Waals surface area contributed by atoms with E-state index in [-0.39, 0.29) is 11.4 Å². The van der Waals surface area contributed by atoms with Crippen molar-refractivity contribution in [3.05, 3.63) is 0 Å². The maximum Gasteiger partial charge on any atom is 0.220 e. The minimum Gasteiger partial charge on any atom is -0.381 e. The average molecular weight is 348 g/mol. The molecule has 0 saturated carbocycles. The summed E-state index contributed by atoms with van der Waals surface area (Å²) in [6.07, 6.45) is 11.3. The van der Waals surface area contributed by atoms with Crippen molar-refractivity contribution in [3.8, 4) is 0 Å². The Hall–Kier alpha value is -0.0900. The number of carbonyl (C=O) groups excluding carboxylic acids is 1. The molecule has 0 bridgehead atoms. The molecule has 0 unspecified atom stereocenters. The minimum atomic E-state index is -0.0730. The molecule has 0 radical (unpaired) electrons. The van der Waals surface area contributed by atoms with E-state index in [1.54, 1.807) is 0 Å². The van der Waals surface area contributed by atoms with Crippen LogP contribution in [0.5, 0.6) is 0 Å². The quantitative estimate of drug-likeness (QED) is 0.475. The highest BCUT2D eigenvalue weighted by molar-refractivity contribution is 9.09. The molecule has 1 amide bonds. The second-order valence-corrected chi connectivity index (χ2v) is 6.51. The lowest BCUT2D eigenvalue weighted by molar-refractivity contribution is -0.124. The fraction of sp³-hybridized carbons (Fsp3) is 0.938. The number of rotatable bonds is 10. The van der Waals surface area contributed by atoms with Crippen molar-refractivity contribution in [2.24, 2.45) is 0 Å². The van der Waals surface area contributed by atoms with E-state index in [0.717, 1.165) is 37.8 Å². The molecule has 20 heavy (non-hydrogen) atoms. The van der Waals surface area contributed by atoms with E-state index in [1.807, 2.05) is 0 Å². The lowest BCUT2D eigenvalue weighted by atomic mass is 9.92. The highest BCUT2D eigenvalue weighted by Gasteiger charge is 2.32. The van der Waals surface area contributed by atoms with Gasteiger partial charge in [0.05, 0.1) is 5.54 Å². The maximum atomic E-state index is 12.0. The van der Waals surface area contributed by atoms with Gasteiger partial charge in [-0.2, -0.15) is 0 Å². The smallest absolute Gasteiger partial charge is 0.220 e. The standard InChI is InChI=1S/C16H30BrNO2/c1-2-3-4-5-6-7-8-9-15(19)18-16(14-17)10-12-20-13-11-16/h2-14H2,1H3,(H,18,19). The zero-order valence-corrected chi connectivity index (χ0v) is 14.5. The molecule has 1 rings (SSSR count). The molecule has 0 aliphatic carbocycles. The first-order valence-corrected chi connectivity index (χ1v) is 9.29. The number of alkyl halides is 1. The van der Waals surface area contributed by atoms with Crippen LogP contribution in [0, 0.1) is 0 Å². The Bertz CT molecular complexity index is 265. The van der Waals surface area contributed by atoms with Gasteiger partial charge in [-0.3, -0.25) is 4.79 Å². The van der Waals surface area contributed by atoms with Crippen LogP contribution in [0.15, 0.2) is 0 Å². The van der Waals surface area contributed by atoms with E-state index in [2.05, 4.69) is 28.2 Å². The molecule has 0 spiro atoms. The first-order valence-electron chi connectivity index (χ1n) is 8.17. The van der Waals surface area contributed by atoms with Crippen molar-refractivity contribution in [3.63, 3.8) is 0 Å². The second-order valence-electron chi connectivity index (χ2n) is 5.95. The van der Waals surface area contributed by atoms with Gasteiger partial charge in [-0.1, -0.05) is 61.4 Å². The summed E-state index contributed by atoms with van der Waals surface area (Å²) in [7, 11) is 0. The second kappa shape index (κ2) is 10.6. The van der Waals surface area contributed by atoms with Gasteiger partial charge in [-0.05, 0) is 19.3 Å². The maximum absolute atomic E-state index is 12.0. The molecule has 1 heterocycles. The summed E-state index contributed by atoms with van der Waals surface area (Å²) < 4.78 is 5.38. The van der Waals surface area contributed by atoms with Crippen LogP contribution in [0.25, 0.3) is 0 Å². The van der Waals surface area contributed by atoms with Gasteiger partial charge in [0.15, 0.2) is 0 Å². The Kier molecular flexibility index (Phi) is 9.53. The van der Waals surface area contributed by atoms with Crippen LogP contribution in [0.2, 0.25) is 0 Å². The third-order valence-corrected chi connectivity index (χ3v) is 5.19. The average Bonchev–Trinajstić information content (AvgIpc) is 2.47. The number of halogens is 1. The molecule has 1 N–H and O–H groups in total. The summed E-state index contributed by atoms with van der Waals surface area (Å²) in [5.74, 6) is 0.208. The number of nitrogens with one attached hydrogen (secondary N) is 1. The van der Waals surface area contributed by atoms with Crippen molar-refractivity contribution >= 4 is 21.8 Å². The van der Waals surface area contributed by atoms with Gasteiger partial charge < -0.3 is 10.1 Å². The summed E-state index contributed by atoms with van der Waals surface area (Å²) in [4.78, 5) is 12.0. The first kappa shape index (κ1) is 18.0. The Morgan fingerprint density at radius 2 is 1.70 bits per heavy atom. The molecule has 1 aliphatic heterocycles. The third-order valence-electron chi connectivity index (χ3n) is 4.12. The predicted octanol–water partition coefficient (Wildman–Crippen LogP) is 4.19. The lowest BCUT2D eigenvalue weighted by Crippen LogP contribution is -2.53. The van der Waals surface area contributed by atoms with E-state index in [1.165, 1.54) is 38.5 Å². The van der Waals surface area contributed by atoms with Crippen molar-refractivity contribution in [1.82, 2.24) is 5.32 Å². The zero-order valence-electron chi connectivity index (χ0n) is 12.9. The molecule has 0 atom stereocenters. The van der Waals surface area contributed by atoms with E-state index >= 15 is 0 Å².